The summed E-state index contributed by atoms with van der Waals surface area (Å²) in [5, 5.41) is 4.50. The lowest BCUT2D eigenvalue weighted by atomic mass is 10.2. The van der Waals surface area contributed by atoms with Crippen LogP contribution >= 0.6 is 0 Å². The fourth-order valence-corrected chi connectivity index (χ4v) is 3.06. The molecule has 0 aliphatic carbocycles. The van der Waals surface area contributed by atoms with Gasteiger partial charge in [-0.05, 0) is 24.6 Å². The first-order chi connectivity index (χ1) is 13.2. The SMILES string of the molecule is Cc1cc(Nc2cccc3cccnc23)nc(N(C)Cc2ccccc2)n1. The molecule has 1 N–H and O–H groups in total. The number of fused-ring (bicyclic) bond motifs is 1. The van der Waals surface area contributed by atoms with E-state index >= 15 is 0 Å². The van der Waals surface area contributed by atoms with Gasteiger partial charge in [0, 0.05) is 36.9 Å². The van der Waals surface area contributed by atoms with E-state index in [0.717, 1.165) is 34.6 Å². The zero-order valence-corrected chi connectivity index (χ0v) is 15.4. The van der Waals surface area contributed by atoms with Gasteiger partial charge in [-0.2, -0.15) is 4.98 Å². The number of aromatic nitrogens is 3. The van der Waals surface area contributed by atoms with Crippen LogP contribution in [0.2, 0.25) is 0 Å². The van der Waals surface area contributed by atoms with Gasteiger partial charge < -0.3 is 10.2 Å². The minimum Gasteiger partial charge on any atom is -0.339 e. The maximum Gasteiger partial charge on any atom is 0.227 e. The third kappa shape index (κ3) is 3.87. The molecule has 2 aromatic carbocycles. The summed E-state index contributed by atoms with van der Waals surface area (Å²) >= 11 is 0. The lowest BCUT2D eigenvalue weighted by Gasteiger charge is -2.19. The average molecular weight is 355 g/mol. The lowest BCUT2D eigenvalue weighted by Crippen LogP contribution is -2.19. The predicted molar refractivity (Wildman–Crippen MR) is 110 cm³/mol. The number of benzene rings is 2. The van der Waals surface area contributed by atoms with Crippen LogP contribution in [0.15, 0.2) is 72.9 Å². The third-order valence-electron chi connectivity index (χ3n) is 4.34. The highest BCUT2D eigenvalue weighted by Crippen LogP contribution is 2.25. The van der Waals surface area contributed by atoms with Crippen LogP contribution in [-0.2, 0) is 6.54 Å². The fraction of sp³-hybridized carbons (Fsp3) is 0.136. The Kier molecular flexibility index (Phi) is 4.66. The van der Waals surface area contributed by atoms with E-state index in [4.69, 9.17) is 4.98 Å². The van der Waals surface area contributed by atoms with Gasteiger partial charge in [0.1, 0.15) is 5.82 Å². The maximum absolute atomic E-state index is 4.71. The van der Waals surface area contributed by atoms with Crippen molar-refractivity contribution in [3.63, 3.8) is 0 Å². The number of nitrogens with one attached hydrogen (secondary N) is 1. The summed E-state index contributed by atoms with van der Waals surface area (Å²) in [5.41, 5.74) is 3.99. The summed E-state index contributed by atoms with van der Waals surface area (Å²) in [7, 11) is 2.00. The number of nitrogens with zero attached hydrogens (tertiary/aromatic N) is 4. The minimum atomic E-state index is 0.689. The summed E-state index contributed by atoms with van der Waals surface area (Å²) in [6.45, 7) is 2.73. The number of para-hydroxylation sites is 1. The van der Waals surface area contributed by atoms with Crippen LogP contribution in [0, 0.1) is 6.92 Å². The largest absolute Gasteiger partial charge is 0.339 e. The van der Waals surface area contributed by atoms with Gasteiger partial charge in [0.15, 0.2) is 0 Å². The van der Waals surface area contributed by atoms with Crippen molar-refractivity contribution in [2.45, 2.75) is 13.5 Å². The van der Waals surface area contributed by atoms with Crippen LogP contribution in [0.5, 0.6) is 0 Å². The van der Waals surface area contributed by atoms with Crippen molar-refractivity contribution >= 4 is 28.4 Å². The van der Waals surface area contributed by atoms with Crippen LogP contribution < -0.4 is 10.2 Å². The Morgan fingerprint density at radius 2 is 1.74 bits per heavy atom. The second-order valence-electron chi connectivity index (χ2n) is 6.54. The molecule has 4 aromatic rings. The second kappa shape index (κ2) is 7.41. The predicted octanol–water partition coefficient (Wildman–Crippen LogP) is 4.71. The van der Waals surface area contributed by atoms with Gasteiger partial charge in [-0.15, -0.1) is 0 Å². The molecule has 0 bridgehead atoms. The van der Waals surface area contributed by atoms with Crippen molar-refractivity contribution in [1.82, 2.24) is 15.0 Å². The monoisotopic (exact) mass is 355 g/mol. The van der Waals surface area contributed by atoms with Crippen molar-refractivity contribution in [3.05, 3.63) is 84.2 Å². The summed E-state index contributed by atoms with van der Waals surface area (Å²) in [4.78, 5) is 15.8. The highest BCUT2D eigenvalue weighted by molar-refractivity contribution is 5.91. The maximum atomic E-state index is 4.71. The molecule has 0 saturated heterocycles. The summed E-state index contributed by atoms with van der Waals surface area (Å²) < 4.78 is 0. The standard InChI is InChI=1S/C22H21N5/c1-16-14-20(25-19-12-6-10-18-11-7-13-23-21(18)19)26-22(24-16)27(2)15-17-8-4-3-5-9-17/h3-14H,15H2,1-2H3,(H,24,25,26). The Hall–Kier alpha value is -3.47. The van der Waals surface area contributed by atoms with E-state index in [9.17, 15) is 0 Å². The lowest BCUT2D eigenvalue weighted by molar-refractivity contribution is 0.861. The molecule has 0 amide bonds. The van der Waals surface area contributed by atoms with E-state index < -0.39 is 0 Å². The van der Waals surface area contributed by atoms with Gasteiger partial charge in [0.25, 0.3) is 0 Å². The molecule has 0 radical (unpaired) electrons. The van der Waals surface area contributed by atoms with Crippen LogP contribution in [0.25, 0.3) is 10.9 Å². The smallest absolute Gasteiger partial charge is 0.227 e. The van der Waals surface area contributed by atoms with E-state index in [2.05, 4.69) is 44.5 Å². The van der Waals surface area contributed by atoms with Gasteiger partial charge in [-0.25, -0.2) is 4.98 Å². The van der Waals surface area contributed by atoms with Gasteiger partial charge in [-0.1, -0.05) is 48.5 Å². The molecule has 0 unspecified atom stereocenters. The zero-order chi connectivity index (χ0) is 18.6. The highest BCUT2D eigenvalue weighted by atomic mass is 15.2. The van der Waals surface area contributed by atoms with Gasteiger partial charge in [0.2, 0.25) is 5.95 Å². The van der Waals surface area contributed by atoms with Crippen molar-refractivity contribution in [1.29, 1.82) is 0 Å². The molecule has 134 valence electrons. The second-order valence-corrected chi connectivity index (χ2v) is 6.54. The Balaban J connectivity index is 1.62. The number of aryl methyl sites for hydroxylation is 1. The van der Waals surface area contributed by atoms with Crippen molar-refractivity contribution in [3.8, 4) is 0 Å². The summed E-state index contributed by atoms with van der Waals surface area (Å²) in [6.07, 6.45) is 1.80. The van der Waals surface area contributed by atoms with Crippen molar-refractivity contribution in [2.24, 2.45) is 0 Å². The number of anilines is 3. The van der Waals surface area contributed by atoms with Gasteiger partial charge >= 0.3 is 0 Å². The van der Waals surface area contributed by atoms with Crippen LogP contribution in [0.1, 0.15) is 11.3 Å². The average Bonchev–Trinajstić information content (AvgIpc) is 2.69. The van der Waals surface area contributed by atoms with Crippen LogP contribution in [0.4, 0.5) is 17.5 Å². The molecule has 0 fully saturated rings. The number of hydrogen-bond acceptors (Lipinski definition) is 5. The molecule has 5 heteroatoms. The van der Waals surface area contributed by atoms with Gasteiger partial charge in [-0.3, -0.25) is 4.98 Å². The van der Waals surface area contributed by atoms with Crippen molar-refractivity contribution in [2.75, 3.05) is 17.3 Å². The van der Waals surface area contributed by atoms with Crippen LogP contribution in [0.3, 0.4) is 0 Å². The molecule has 0 saturated carbocycles. The summed E-state index contributed by atoms with van der Waals surface area (Å²) in [5.74, 6) is 1.45. The molecule has 0 aliphatic rings. The Labute approximate surface area is 158 Å². The number of rotatable bonds is 5. The Bertz CT molecular complexity index is 1060. The molecule has 0 atom stereocenters. The number of pyridine rings is 1. The van der Waals surface area contributed by atoms with Gasteiger partial charge in [0.05, 0.1) is 11.2 Å². The topological polar surface area (TPSA) is 53.9 Å². The van der Waals surface area contributed by atoms with E-state index in [1.165, 1.54) is 5.56 Å². The molecule has 4 rings (SSSR count). The van der Waals surface area contributed by atoms with E-state index in [0.29, 0.717) is 5.95 Å². The zero-order valence-electron chi connectivity index (χ0n) is 15.4. The fourth-order valence-electron chi connectivity index (χ4n) is 3.06. The number of hydrogen-bond donors (Lipinski definition) is 1. The summed E-state index contributed by atoms with van der Waals surface area (Å²) in [6, 6.07) is 22.3. The third-order valence-corrected chi connectivity index (χ3v) is 4.34. The first kappa shape index (κ1) is 17.0. The van der Waals surface area contributed by atoms with Crippen molar-refractivity contribution < 1.29 is 0 Å². The first-order valence-corrected chi connectivity index (χ1v) is 8.90. The quantitative estimate of drug-likeness (QED) is 0.562. The molecule has 27 heavy (non-hydrogen) atoms. The minimum absolute atomic E-state index is 0.689. The molecule has 0 aliphatic heterocycles. The van der Waals surface area contributed by atoms with E-state index in [1.807, 2.05) is 56.4 Å². The first-order valence-electron chi connectivity index (χ1n) is 8.90. The van der Waals surface area contributed by atoms with E-state index in [1.54, 1.807) is 6.20 Å². The van der Waals surface area contributed by atoms with E-state index in [-0.39, 0.29) is 0 Å². The molecular weight excluding hydrogens is 334 g/mol. The molecule has 2 aromatic heterocycles. The highest BCUT2D eigenvalue weighted by Gasteiger charge is 2.10. The van der Waals surface area contributed by atoms with Crippen LogP contribution in [-0.4, -0.2) is 22.0 Å². The molecular formula is C22H21N5. The normalized spacial score (nSPS) is 10.7. The molecule has 2 heterocycles. The molecule has 5 nitrogen and oxygen atoms in total. The Morgan fingerprint density at radius 1 is 0.926 bits per heavy atom. The Morgan fingerprint density at radius 3 is 2.59 bits per heavy atom. The molecule has 0 spiro atoms.